The van der Waals surface area contributed by atoms with Crippen molar-refractivity contribution in [3.8, 4) is 6.07 Å². The summed E-state index contributed by atoms with van der Waals surface area (Å²) in [5.41, 5.74) is 0.905. The second-order valence-corrected chi connectivity index (χ2v) is 12.7. The largest absolute Gasteiger partial charge is 0.355 e. The van der Waals surface area contributed by atoms with Crippen molar-refractivity contribution in [2.75, 3.05) is 49.6 Å². The van der Waals surface area contributed by atoms with Crippen LogP contribution in [0, 0.1) is 18.3 Å². The van der Waals surface area contributed by atoms with Crippen LogP contribution in [0.3, 0.4) is 0 Å². The van der Waals surface area contributed by atoms with Gasteiger partial charge in [-0.1, -0.05) is 24.0 Å². The summed E-state index contributed by atoms with van der Waals surface area (Å²) in [6.07, 6.45) is 2.09. The zero-order chi connectivity index (χ0) is 24.8. The predicted molar refractivity (Wildman–Crippen MR) is 138 cm³/mol. The molecule has 3 fully saturated rings. The lowest BCUT2D eigenvalue weighted by molar-refractivity contribution is -0.123. The molecule has 4 rings (SSSR count). The third kappa shape index (κ3) is 4.42. The van der Waals surface area contributed by atoms with E-state index in [2.05, 4.69) is 9.80 Å². The first-order valence-corrected chi connectivity index (χ1v) is 14.2. The van der Waals surface area contributed by atoms with Crippen LogP contribution in [0.4, 0.5) is 5.82 Å². The lowest BCUT2D eigenvalue weighted by Gasteiger charge is -2.36. The molecule has 1 atom stereocenters. The molecular weight excluding hydrogens is 494 g/mol. The molecule has 0 N–H and O–H groups in total. The van der Waals surface area contributed by atoms with Crippen LogP contribution >= 0.6 is 24.0 Å². The van der Waals surface area contributed by atoms with E-state index in [1.165, 1.54) is 4.90 Å². The van der Waals surface area contributed by atoms with Gasteiger partial charge < -0.3 is 9.80 Å². The lowest BCUT2D eigenvalue weighted by atomic mass is 10.0. The Labute approximate surface area is 208 Å². The van der Waals surface area contributed by atoms with Crippen LogP contribution in [0.1, 0.15) is 30.0 Å². The van der Waals surface area contributed by atoms with Crippen molar-refractivity contribution in [1.82, 2.24) is 14.4 Å². The number of likely N-dealkylation sites (N-methyl/N-ethyl adjacent to an activating group) is 1. The Balaban J connectivity index is 1.82. The van der Waals surface area contributed by atoms with Gasteiger partial charge in [0.05, 0.1) is 22.5 Å². The van der Waals surface area contributed by atoms with E-state index in [9.17, 15) is 23.3 Å². The Morgan fingerprint density at radius 1 is 1.24 bits per heavy atom. The summed E-state index contributed by atoms with van der Waals surface area (Å²) in [5.74, 6) is 0.338. The second-order valence-electron chi connectivity index (χ2n) is 8.80. The molecule has 0 bridgehead atoms. The first-order chi connectivity index (χ1) is 16.1. The fraction of sp³-hybridized carbons (Fsp3) is 0.545. The summed E-state index contributed by atoms with van der Waals surface area (Å²) in [5, 5.41) is 9.71. The maximum Gasteiger partial charge on any atom is 0.270 e. The van der Waals surface area contributed by atoms with Crippen LogP contribution in [-0.4, -0.2) is 83.8 Å². The summed E-state index contributed by atoms with van der Waals surface area (Å²) >= 11 is 6.59. The van der Waals surface area contributed by atoms with Crippen molar-refractivity contribution < 1.29 is 13.2 Å². The molecule has 0 aromatic carbocycles. The van der Waals surface area contributed by atoms with Crippen LogP contribution in [0.25, 0.3) is 6.08 Å². The van der Waals surface area contributed by atoms with Crippen molar-refractivity contribution in [3.05, 3.63) is 31.9 Å². The summed E-state index contributed by atoms with van der Waals surface area (Å²) in [7, 11) is -1.13. The number of aromatic nitrogens is 1. The highest BCUT2D eigenvalue weighted by atomic mass is 32.2. The number of sulfone groups is 1. The molecule has 4 heterocycles. The van der Waals surface area contributed by atoms with Gasteiger partial charge in [-0.3, -0.25) is 19.1 Å². The molecule has 1 unspecified atom stereocenters. The number of carbonyl (C=O) groups is 1. The van der Waals surface area contributed by atoms with E-state index in [1.54, 1.807) is 17.6 Å². The molecule has 0 aliphatic carbocycles. The number of thiocarbonyl (C=S) groups is 1. The van der Waals surface area contributed by atoms with E-state index < -0.39 is 15.9 Å². The number of pyridine rings is 1. The zero-order valence-corrected chi connectivity index (χ0v) is 21.9. The normalized spacial score (nSPS) is 24.3. The fourth-order valence-corrected chi connectivity index (χ4v) is 7.78. The highest BCUT2D eigenvalue weighted by Gasteiger charge is 2.42. The molecule has 0 radical (unpaired) electrons. The second kappa shape index (κ2) is 9.45. The average molecular weight is 522 g/mol. The summed E-state index contributed by atoms with van der Waals surface area (Å²) < 4.78 is 25.9. The van der Waals surface area contributed by atoms with Crippen LogP contribution in [0.5, 0.6) is 0 Å². The van der Waals surface area contributed by atoms with Gasteiger partial charge in [0.2, 0.25) is 0 Å². The first kappa shape index (κ1) is 24.9. The Kier molecular flexibility index (Phi) is 6.92. The number of carbonyl (C=O) groups excluding carboxylic acids is 1. The van der Waals surface area contributed by atoms with E-state index in [0.29, 0.717) is 52.2 Å². The molecule has 9 nitrogen and oxygen atoms in total. The van der Waals surface area contributed by atoms with Crippen molar-refractivity contribution >= 4 is 55.9 Å². The Hall–Kier alpha value is -2.20. The van der Waals surface area contributed by atoms with Crippen LogP contribution in [0.15, 0.2) is 9.70 Å². The molecule has 1 aromatic heterocycles. The number of nitriles is 1. The Bertz CT molecular complexity index is 1290. The van der Waals surface area contributed by atoms with Gasteiger partial charge in [0, 0.05) is 38.3 Å². The summed E-state index contributed by atoms with van der Waals surface area (Å²) in [4.78, 5) is 32.6. The van der Waals surface area contributed by atoms with Gasteiger partial charge in [-0.15, -0.1) is 0 Å². The van der Waals surface area contributed by atoms with Gasteiger partial charge in [0.15, 0.2) is 9.84 Å². The van der Waals surface area contributed by atoms with Gasteiger partial charge in [0.1, 0.15) is 21.8 Å². The number of rotatable bonds is 4. The van der Waals surface area contributed by atoms with E-state index in [1.807, 2.05) is 20.0 Å². The molecule has 3 aliphatic heterocycles. The van der Waals surface area contributed by atoms with E-state index in [-0.39, 0.29) is 28.5 Å². The van der Waals surface area contributed by atoms with Crippen molar-refractivity contribution in [3.63, 3.8) is 0 Å². The molecule has 1 amide bonds. The van der Waals surface area contributed by atoms with E-state index in [0.717, 1.165) is 24.9 Å². The summed E-state index contributed by atoms with van der Waals surface area (Å²) in [6.45, 7) is 7.06. The van der Waals surface area contributed by atoms with Gasteiger partial charge in [-0.05, 0) is 39.0 Å². The quantitative estimate of drug-likeness (QED) is 0.427. The molecule has 1 aromatic rings. The molecular formula is C22H27N5O4S3. The van der Waals surface area contributed by atoms with Crippen LogP contribution < -0.4 is 10.5 Å². The number of hydrogen-bond acceptors (Lipinski definition) is 9. The minimum Gasteiger partial charge on any atom is -0.355 e. The standard InChI is InChI=1S/C22H27N5O4S3/c1-4-26-19(25-8-6-24(3)7-9-25)16(14(2)17(12-23)20(26)28)11-18-21(29)27(22(32)33-18)15-5-10-34(30,31)13-15/h11,15H,4-10,13H2,1-3H3/b18-11+. The third-order valence-corrected chi connectivity index (χ3v) is 9.72. The first-order valence-electron chi connectivity index (χ1n) is 11.2. The van der Waals surface area contributed by atoms with Gasteiger partial charge in [0.25, 0.3) is 11.5 Å². The van der Waals surface area contributed by atoms with E-state index >= 15 is 0 Å². The number of nitrogens with zero attached hydrogens (tertiary/aromatic N) is 5. The van der Waals surface area contributed by atoms with Crippen LogP contribution in [-0.2, 0) is 21.2 Å². The molecule has 34 heavy (non-hydrogen) atoms. The maximum atomic E-state index is 13.3. The maximum absolute atomic E-state index is 13.3. The molecule has 3 saturated heterocycles. The highest BCUT2D eigenvalue weighted by Crippen LogP contribution is 2.38. The van der Waals surface area contributed by atoms with Crippen molar-refractivity contribution in [2.45, 2.75) is 32.9 Å². The molecule has 3 aliphatic rings. The van der Waals surface area contributed by atoms with Gasteiger partial charge in [-0.25, -0.2) is 8.42 Å². The topological polar surface area (TPSA) is 107 Å². The number of amides is 1. The Morgan fingerprint density at radius 3 is 2.47 bits per heavy atom. The minimum atomic E-state index is -3.18. The smallest absolute Gasteiger partial charge is 0.270 e. The molecule has 12 heteroatoms. The number of anilines is 1. The summed E-state index contributed by atoms with van der Waals surface area (Å²) in [6, 6.07) is 1.58. The fourth-order valence-electron chi connectivity index (χ4n) is 4.70. The zero-order valence-electron chi connectivity index (χ0n) is 19.4. The lowest BCUT2D eigenvalue weighted by Crippen LogP contribution is -2.47. The minimum absolute atomic E-state index is 0.0490. The SMILES string of the molecule is CCn1c(N2CCN(C)CC2)c(/C=C2/SC(=S)N(C3CCS(=O)(=O)C3)C2=O)c(C)c(C#N)c1=O. The molecule has 0 saturated carbocycles. The monoisotopic (exact) mass is 521 g/mol. The van der Waals surface area contributed by atoms with E-state index in [4.69, 9.17) is 12.2 Å². The van der Waals surface area contributed by atoms with Crippen LogP contribution in [0.2, 0.25) is 0 Å². The number of hydrogen-bond donors (Lipinski definition) is 0. The number of piperazine rings is 1. The highest BCUT2D eigenvalue weighted by molar-refractivity contribution is 8.26. The predicted octanol–water partition coefficient (Wildman–Crippen LogP) is 1.19. The molecule has 0 spiro atoms. The third-order valence-electron chi connectivity index (χ3n) is 6.64. The van der Waals surface area contributed by atoms with Crippen molar-refractivity contribution in [2.24, 2.45) is 0 Å². The molecule has 182 valence electrons. The van der Waals surface area contributed by atoms with Gasteiger partial charge in [-0.2, -0.15) is 5.26 Å². The number of thioether (sulfide) groups is 1. The Morgan fingerprint density at radius 2 is 1.91 bits per heavy atom. The van der Waals surface area contributed by atoms with Gasteiger partial charge >= 0.3 is 0 Å². The average Bonchev–Trinajstić information content (AvgIpc) is 3.28. The van der Waals surface area contributed by atoms with Crippen molar-refractivity contribution in [1.29, 1.82) is 5.26 Å².